The maximum Gasteiger partial charge on any atom is 0.416 e. The van der Waals surface area contributed by atoms with E-state index in [1.54, 1.807) is 0 Å². The molecule has 0 aromatic heterocycles. The molecule has 0 amide bonds. The van der Waals surface area contributed by atoms with Crippen molar-refractivity contribution in [1.82, 2.24) is 0 Å². The van der Waals surface area contributed by atoms with Crippen molar-refractivity contribution in [3.63, 3.8) is 0 Å². The van der Waals surface area contributed by atoms with Gasteiger partial charge in [-0.2, -0.15) is 13.2 Å². The topological polar surface area (TPSA) is 0 Å². The second-order valence-electron chi connectivity index (χ2n) is 4.35. The molecular formula is C14H6Cl3F5. The highest BCUT2D eigenvalue weighted by molar-refractivity contribution is 6.44. The normalized spacial score (nSPS) is 12.0. The van der Waals surface area contributed by atoms with Gasteiger partial charge in [-0.05, 0) is 29.8 Å². The summed E-state index contributed by atoms with van der Waals surface area (Å²) in [7, 11) is 0. The summed E-state index contributed by atoms with van der Waals surface area (Å²) in [6.45, 7) is 0. The average molecular weight is 376 g/mol. The van der Waals surface area contributed by atoms with Gasteiger partial charge in [-0.25, -0.2) is 8.78 Å². The molecule has 8 heteroatoms. The van der Waals surface area contributed by atoms with Gasteiger partial charge in [0.25, 0.3) is 6.43 Å². The van der Waals surface area contributed by atoms with Gasteiger partial charge in [0.15, 0.2) is 0 Å². The molecule has 2 aromatic rings. The Kier molecular flexibility index (Phi) is 4.90. The van der Waals surface area contributed by atoms with Crippen molar-refractivity contribution < 1.29 is 22.0 Å². The summed E-state index contributed by atoms with van der Waals surface area (Å²) in [4.78, 5) is 0. The van der Waals surface area contributed by atoms with Crippen LogP contribution in [0.5, 0.6) is 0 Å². The quantitative estimate of drug-likeness (QED) is 0.382. The van der Waals surface area contributed by atoms with Crippen molar-refractivity contribution in [3.05, 3.63) is 56.5 Å². The summed E-state index contributed by atoms with van der Waals surface area (Å²) in [5.74, 6) is 0. The smallest absolute Gasteiger partial charge is 0.205 e. The molecule has 0 saturated heterocycles. The van der Waals surface area contributed by atoms with E-state index in [1.165, 1.54) is 12.1 Å². The van der Waals surface area contributed by atoms with E-state index in [4.69, 9.17) is 34.8 Å². The lowest BCUT2D eigenvalue weighted by Gasteiger charge is -2.15. The van der Waals surface area contributed by atoms with Crippen molar-refractivity contribution in [1.29, 1.82) is 0 Å². The molecule has 0 aliphatic carbocycles. The number of halogens is 8. The highest BCUT2D eigenvalue weighted by Crippen LogP contribution is 2.41. The fourth-order valence-corrected chi connectivity index (χ4v) is 2.57. The molecule has 0 N–H and O–H groups in total. The standard InChI is InChI=1S/C14H6Cl3F5/c15-10-5-12(17)11(16)4-7(10)6-1-2-9(14(20,21)22)8(3-6)13(18)19/h1-5,13H. The summed E-state index contributed by atoms with van der Waals surface area (Å²) >= 11 is 17.5. The lowest BCUT2D eigenvalue weighted by Crippen LogP contribution is -2.09. The molecule has 0 aliphatic rings. The van der Waals surface area contributed by atoms with Gasteiger partial charge >= 0.3 is 6.18 Å². The van der Waals surface area contributed by atoms with Crippen molar-refractivity contribution >= 4 is 34.8 Å². The molecule has 0 saturated carbocycles. The SMILES string of the molecule is FC(F)c1cc(-c2cc(Cl)c(Cl)cc2Cl)ccc1C(F)(F)F. The largest absolute Gasteiger partial charge is 0.416 e. The van der Waals surface area contributed by atoms with Gasteiger partial charge in [-0.3, -0.25) is 0 Å². The van der Waals surface area contributed by atoms with E-state index in [9.17, 15) is 22.0 Å². The van der Waals surface area contributed by atoms with Gasteiger partial charge in [-0.15, -0.1) is 0 Å². The Hall–Kier alpha value is -1.04. The Morgan fingerprint density at radius 2 is 1.41 bits per heavy atom. The second-order valence-corrected chi connectivity index (χ2v) is 5.57. The fourth-order valence-electron chi connectivity index (χ4n) is 1.91. The predicted molar refractivity (Wildman–Crippen MR) is 76.9 cm³/mol. The molecule has 0 spiro atoms. The Labute approximate surface area is 137 Å². The molecule has 0 aliphatic heterocycles. The fraction of sp³-hybridized carbons (Fsp3) is 0.143. The van der Waals surface area contributed by atoms with Gasteiger partial charge < -0.3 is 0 Å². The van der Waals surface area contributed by atoms with E-state index >= 15 is 0 Å². The molecule has 118 valence electrons. The van der Waals surface area contributed by atoms with Crippen LogP contribution in [-0.4, -0.2) is 0 Å². The van der Waals surface area contributed by atoms with Crippen LogP contribution in [0.2, 0.25) is 15.1 Å². The third-order valence-electron chi connectivity index (χ3n) is 2.91. The molecule has 0 unspecified atom stereocenters. The van der Waals surface area contributed by atoms with E-state index in [2.05, 4.69) is 0 Å². The van der Waals surface area contributed by atoms with Crippen LogP contribution < -0.4 is 0 Å². The van der Waals surface area contributed by atoms with Crippen molar-refractivity contribution in [3.8, 4) is 11.1 Å². The van der Waals surface area contributed by atoms with E-state index < -0.39 is 23.7 Å². The van der Waals surface area contributed by atoms with E-state index in [-0.39, 0.29) is 26.2 Å². The van der Waals surface area contributed by atoms with E-state index in [1.807, 2.05) is 0 Å². The first-order chi connectivity index (χ1) is 10.1. The number of alkyl halides is 5. The van der Waals surface area contributed by atoms with Gasteiger partial charge in [0, 0.05) is 16.1 Å². The molecule has 22 heavy (non-hydrogen) atoms. The molecule has 0 nitrogen and oxygen atoms in total. The number of hydrogen-bond acceptors (Lipinski definition) is 0. The summed E-state index contributed by atoms with van der Waals surface area (Å²) in [5, 5.41) is 0.352. The van der Waals surface area contributed by atoms with Crippen LogP contribution in [0.3, 0.4) is 0 Å². The minimum Gasteiger partial charge on any atom is -0.205 e. The van der Waals surface area contributed by atoms with Crippen LogP contribution in [-0.2, 0) is 6.18 Å². The zero-order valence-corrected chi connectivity index (χ0v) is 12.8. The lowest BCUT2D eigenvalue weighted by molar-refractivity contribution is -0.139. The van der Waals surface area contributed by atoms with E-state index in [0.717, 1.165) is 12.1 Å². The first-order valence-corrected chi connectivity index (χ1v) is 6.89. The Balaban J connectivity index is 2.64. The number of benzene rings is 2. The van der Waals surface area contributed by atoms with Gasteiger partial charge in [0.1, 0.15) is 0 Å². The van der Waals surface area contributed by atoms with Crippen LogP contribution in [0.15, 0.2) is 30.3 Å². The van der Waals surface area contributed by atoms with Crippen LogP contribution >= 0.6 is 34.8 Å². The maximum atomic E-state index is 12.9. The highest BCUT2D eigenvalue weighted by Gasteiger charge is 2.35. The van der Waals surface area contributed by atoms with E-state index in [0.29, 0.717) is 6.07 Å². The molecule has 0 heterocycles. The molecule has 0 atom stereocenters. The third-order valence-corrected chi connectivity index (χ3v) is 3.95. The number of rotatable bonds is 2. The van der Waals surface area contributed by atoms with Crippen LogP contribution in [0.25, 0.3) is 11.1 Å². The first-order valence-electron chi connectivity index (χ1n) is 5.75. The molecule has 2 rings (SSSR count). The van der Waals surface area contributed by atoms with Gasteiger partial charge in [0.05, 0.1) is 15.6 Å². The Morgan fingerprint density at radius 1 is 0.818 bits per heavy atom. The Morgan fingerprint density at radius 3 is 1.95 bits per heavy atom. The average Bonchev–Trinajstić information content (AvgIpc) is 2.41. The van der Waals surface area contributed by atoms with Crippen molar-refractivity contribution in [2.24, 2.45) is 0 Å². The van der Waals surface area contributed by atoms with Crippen LogP contribution in [0, 0.1) is 0 Å². The highest BCUT2D eigenvalue weighted by atomic mass is 35.5. The third kappa shape index (κ3) is 3.47. The van der Waals surface area contributed by atoms with Crippen LogP contribution in [0.4, 0.5) is 22.0 Å². The lowest BCUT2D eigenvalue weighted by atomic mass is 9.99. The Bertz CT molecular complexity index is 710. The minimum atomic E-state index is -4.87. The van der Waals surface area contributed by atoms with Crippen molar-refractivity contribution in [2.75, 3.05) is 0 Å². The first kappa shape index (κ1) is 17.3. The summed E-state index contributed by atoms with van der Waals surface area (Å²) < 4.78 is 64.1. The summed E-state index contributed by atoms with van der Waals surface area (Å²) in [5.41, 5.74) is -2.20. The predicted octanol–water partition coefficient (Wildman–Crippen LogP) is 7.27. The summed E-state index contributed by atoms with van der Waals surface area (Å²) in [6.07, 6.45) is -8.15. The van der Waals surface area contributed by atoms with Gasteiger partial charge in [0.2, 0.25) is 0 Å². The summed E-state index contributed by atoms with van der Waals surface area (Å²) in [6, 6.07) is 5.00. The monoisotopic (exact) mass is 374 g/mol. The molecular weight excluding hydrogens is 370 g/mol. The zero-order valence-electron chi connectivity index (χ0n) is 10.5. The zero-order chi connectivity index (χ0) is 16.7. The van der Waals surface area contributed by atoms with Crippen molar-refractivity contribution in [2.45, 2.75) is 12.6 Å². The van der Waals surface area contributed by atoms with Crippen LogP contribution in [0.1, 0.15) is 17.6 Å². The molecule has 2 aromatic carbocycles. The minimum absolute atomic E-state index is 0.0897. The molecule has 0 fully saturated rings. The molecule has 0 radical (unpaired) electrons. The maximum absolute atomic E-state index is 12.9. The molecule has 0 bridgehead atoms. The van der Waals surface area contributed by atoms with Gasteiger partial charge in [-0.1, -0.05) is 40.9 Å². The second kappa shape index (κ2) is 6.22. The number of hydrogen-bond donors (Lipinski definition) is 0.